The van der Waals surface area contributed by atoms with Crippen LogP contribution in [-0.2, 0) is 0 Å². The van der Waals surface area contributed by atoms with E-state index >= 15 is 0 Å². The van der Waals surface area contributed by atoms with Crippen molar-refractivity contribution >= 4 is 62.1 Å². The van der Waals surface area contributed by atoms with Gasteiger partial charge in [-0.2, -0.15) is 0 Å². The van der Waals surface area contributed by atoms with Crippen molar-refractivity contribution in [3.05, 3.63) is 206 Å². The second-order valence-corrected chi connectivity index (χ2v) is 15.7. The van der Waals surface area contributed by atoms with Crippen LogP contribution in [0.4, 0.5) is 17.1 Å². The molecule has 5 heteroatoms. The van der Waals surface area contributed by atoms with Gasteiger partial charge < -0.3 is 18.8 Å². The minimum Gasteiger partial charge on any atom is -0.458 e. The Labute approximate surface area is 348 Å². The summed E-state index contributed by atoms with van der Waals surface area (Å²) in [7, 11) is 0. The highest BCUT2D eigenvalue weighted by Gasteiger charge is 2.41. The summed E-state index contributed by atoms with van der Waals surface area (Å²) in [5, 5.41) is 2.13. The third kappa shape index (κ3) is 5.47. The van der Waals surface area contributed by atoms with E-state index in [1.165, 1.54) is 0 Å². The summed E-state index contributed by atoms with van der Waals surface area (Å²) in [4.78, 5) is 2.30. The van der Waals surface area contributed by atoms with E-state index < -0.39 is 0 Å². The van der Waals surface area contributed by atoms with Crippen molar-refractivity contribution < 1.29 is 13.9 Å². The fraction of sp³-hybridized carbons (Fsp3) is 0.0182. The van der Waals surface area contributed by atoms with Crippen molar-refractivity contribution in [2.24, 2.45) is 0 Å². The molecule has 0 amide bonds. The predicted molar refractivity (Wildman–Crippen MR) is 247 cm³/mol. The maximum Gasteiger partial charge on any atom is 0.260 e. The van der Waals surface area contributed by atoms with Gasteiger partial charge >= 0.3 is 0 Å². The molecule has 60 heavy (non-hydrogen) atoms. The van der Waals surface area contributed by atoms with Gasteiger partial charge in [0, 0.05) is 39.6 Å². The Hall–Kier alpha value is -7.76. The number of ether oxygens (including phenoxy) is 2. The minimum absolute atomic E-state index is 0.0895. The molecule has 2 aliphatic heterocycles. The number of hydrogen-bond donors (Lipinski definition) is 0. The lowest BCUT2D eigenvalue weighted by molar-refractivity contribution is 0.465. The highest BCUT2D eigenvalue weighted by molar-refractivity contribution is 6.98. The monoisotopic (exact) mass is 769 g/mol. The van der Waals surface area contributed by atoms with Crippen molar-refractivity contribution in [2.75, 3.05) is 4.90 Å². The van der Waals surface area contributed by atoms with Crippen LogP contribution in [0.1, 0.15) is 5.56 Å². The van der Waals surface area contributed by atoms with Crippen LogP contribution < -0.4 is 30.8 Å². The quantitative estimate of drug-likeness (QED) is 0.158. The van der Waals surface area contributed by atoms with Crippen LogP contribution in [0.2, 0.25) is 0 Å². The Kier molecular flexibility index (Phi) is 7.82. The Bertz CT molecular complexity index is 3170. The normalized spacial score (nSPS) is 12.3. The van der Waals surface area contributed by atoms with Gasteiger partial charge in [-0.3, -0.25) is 0 Å². The first-order chi connectivity index (χ1) is 29.7. The first-order valence-corrected chi connectivity index (χ1v) is 20.4. The van der Waals surface area contributed by atoms with Crippen molar-refractivity contribution in [1.82, 2.24) is 0 Å². The molecule has 2 aliphatic rings. The van der Waals surface area contributed by atoms with E-state index in [-0.39, 0.29) is 6.71 Å². The number of fused-ring (bicyclic) bond motifs is 7. The minimum atomic E-state index is -0.0895. The largest absolute Gasteiger partial charge is 0.458 e. The fourth-order valence-corrected chi connectivity index (χ4v) is 9.28. The Balaban J connectivity index is 1.09. The van der Waals surface area contributed by atoms with Crippen molar-refractivity contribution in [1.29, 1.82) is 0 Å². The lowest BCUT2D eigenvalue weighted by Crippen LogP contribution is -2.57. The third-order valence-corrected chi connectivity index (χ3v) is 12.1. The second kappa shape index (κ2) is 13.7. The number of nitrogens with zero attached hydrogens (tertiary/aromatic N) is 1. The molecule has 0 unspecified atom stereocenters. The number of hydrogen-bond acceptors (Lipinski definition) is 4. The molecule has 10 aromatic rings. The summed E-state index contributed by atoms with van der Waals surface area (Å²) >= 11 is 0. The maximum atomic E-state index is 7.06. The Morgan fingerprint density at radius 1 is 0.400 bits per heavy atom. The summed E-state index contributed by atoms with van der Waals surface area (Å²) in [5.41, 5.74) is 15.6. The molecule has 12 rings (SSSR count). The van der Waals surface area contributed by atoms with E-state index in [4.69, 9.17) is 13.9 Å². The first-order valence-electron chi connectivity index (χ1n) is 20.4. The SMILES string of the molecule is Cc1ccccc1N(c1cc2c3c(c1)Oc1cc(-c4ccccc4)ccc1B3c1ccc(-c3ccccc3)cc1O2)c1cccc2c1oc1c(-c3ccccc3)cccc12. The fourth-order valence-electron chi connectivity index (χ4n) is 9.28. The zero-order valence-corrected chi connectivity index (χ0v) is 32.8. The van der Waals surface area contributed by atoms with Crippen molar-refractivity contribution in [3.8, 4) is 56.4 Å². The average Bonchev–Trinajstić information content (AvgIpc) is 3.70. The third-order valence-electron chi connectivity index (χ3n) is 12.1. The van der Waals surface area contributed by atoms with E-state index in [2.05, 4.69) is 206 Å². The molecule has 0 fully saturated rings. The van der Waals surface area contributed by atoms with Crippen LogP contribution in [-0.4, -0.2) is 6.71 Å². The number of rotatable bonds is 6. The summed E-state index contributed by atoms with van der Waals surface area (Å²) in [5.74, 6) is 3.22. The van der Waals surface area contributed by atoms with Crippen molar-refractivity contribution in [2.45, 2.75) is 6.92 Å². The zero-order chi connectivity index (χ0) is 39.7. The molecule has 4 nitrogen and oxygen atoms in total. The summed E-state index contributed by atoms with van der Waals surface area (Å²) in [6, 6.07) is 70.4. The lowest BCUT2D eigenvalue weighted by Gasteiger charge is -2.35. The van der Waals surface area contributed by atoms with Crippen LogP contribution in [0.3, 0.4) is 0 Å². The molecule has 1 aromatic heterocycles. The van der Waals surface area contributed by atoms with Gasteiger partial charge in [-0.15, -0.1) is 0 Å². The molecule has 0 bridgehead atoms. The summed E-state index contributed by atoms with van der Waals surface area (Å²) < 4.78 is 21.1. The number of aryl methyl sites for hydroxylation is 1. The molecule has 0 radical (unpaired) electrons. The van der Waals surface area contributed by atoms with Gasteiger partial charge in [0.15, 0.2) is 5.58 Å². The standard InChI is InChI=1S/C55H36BNO3/c1-35-15-11-12-25-47(35)57(48-26-14-24-44-43-23-13-22-42(54(43)60-55(44)48)38-20-9-4-10-21-38)41-33-51-53-52(34-41)59-50-32-40(37-18-7-3-8-19-37)28-30-46(50)56(53)45-29-27-39(31-49(45)58-51)36-16-5-2-6-17-36/h2-34H,1H3. The number of anilines is 3. The number of para-hydroxylation sites is 3. The Morgan fingerprint density at radius 3 is 1.52 bits per heavy atom. The molecule has 0 saturated heterocycles. The molecule has 0 N–H and O–H groups in total. The molecule has 9 aromatic carbocycles. The number of furan rings is 1. The highest BCUT2D eigenvalue weighted by Crippen LogP contribution is 2.48. The topological polar surface area (TPSA) is 34.8 Å². The second-order valence-electron chi connectivity index (χ2n) is 15.7. The van der Waals surface area contributed by atoms with Crippen LogP contribution in [0, 0.1) is 6.92 Å². The van der Waals surface area contributed by atoms with Gasteiger partial charge in [0.1, 0.15) is 28.6 Å². The first kappa shape index (κ1) is 34.3. The van der Waals surface area contributed by atoms with Gasteiger partial charge in [0.05, 0.1) is 11.4 Å². The van der Waals surface area contributed by atoms with Crippen LogP contribution in [0.5, 0.6) is 23.0 Å². The molecule has 282 valence electrons. The van der Waals surface area contributed by atoms with E-state index in [0.717, 1.165) is 117 Å². The van der Waals surface area contributed by atoms with Crippen LogP contribution in [0.15, 0.2) is 205 Å². The highest BCUT2D eigenvalue weighted by atomic mass is 16.5. The molecular formula is C55H36BNO3. The smallest absolute Gasteiger partial charge is 0.260 e. The van der Waals surface area contributed by atoms with Crippen molar-refractivity contribution in [3.63, 3.8) is 0 Å². The Morgan fingerprint density at radius 2 is 0.917 bits per heavy atom. The van der Waals surface area contributed by atoms with Gasteiger partial charge in [-0.25, -0.2) is 0 Å². The molecule has 3 heterocycles. The van der Waals surface area contributed by atoms with Gasteiger partial charge in [-0.05, 0) is 75.5 Å². The van der Waals surface area contributed by atoms with Crippen LogP contribution in [0.25, 0.3) is 55.3 Å². The zero-order valence-electron chi connectivity index (χ0n) is 32.8. The average molecular weight is 770 g/mol. The van der Waals surface area contributed by atoms with Gasteiger partial charge in [-0.1, -0.05) is 164 Å². The molecular weight excluding hydrogens is 733 g/mol. The lowest BCUT2D eigenvalue weighted by atomic mass is 9.34. The van der Waals surface area contributed by atoms with Gasteiger partial charge in [0.2, 0.25) is 0 Å². The van der Waals surface area contributed by atoms with E-state index in [0.29, 0.717) is 0 Å². The van der Waals surface area contributed by atoms with Gasteiger partial charge in [0.25, 0.3) is 6.71 Å². The van der Waals surface area contributed by atoms with E-state index in [1.807, 2.05) is 6.07 Å². The summed E-state index contributed by atoms with van der Waals surface area (Å²) in [6.45, 7) is 2.07. The van der Waals surface area contributed by atoms with E-state index in [1.54, 1.807) is 0 Å². The molecule has 0 atom stereocenters. The summed E-state index contributed by atoms with van der Waals surface area (Å²) in [6.07, 6.45) is 0. The molecule has 0 spiro atoms. The predicted octanol–water partition coefficient (Wildman–Crippen LogP) is 13.1. The maximum absolute atomic E-state index is 7.06. The van der Waals surface area contributed by atoms with E-state index in [9.17, 15) is 0 Å². The van der Waals surface area contributed by atoms with Crippen LogP contribution >= 0.6 is 0 Å². The molecule has 0 aliphatic carbocycles. The number of benzene rings is 9. The molecule has 0 saturated carbocycles.